The maximum atomic E-state index is 6.70. The monoisotopic (exact) mass is 256 g/mol. The van der Waals surface area contributed by atoms with Crippen LogP contribution < -0.4 is 5.73 Å². The van der Waals surface area contributed by atoms with E-state index in [1.807, 2.05) is 0 Å². The van der Waals surface area contributed by atoms with Crippen molar-refractivity contribution in [2.45, 2.75) is 65.0 Å². The Balaban J connectivity index is 2.86. The number of nitrogens with two attached hydrogens (primary N) is 1. The van der Waals surface area contributed by atoms with Crippen LogP contribution in [0, 0.1) is 5.92 Å². The van der Waals surface area contributed by atoms with Gasteiger partial charge in [-0.1, -0.05) is 27.7 Å². The molecule has 18 heavy (non-hydrogen) atoms. The maximum Gasteiger partial charge on any atom is 0.0469 e. The molecule has 1 saturated heterocycles. The van der Waals surface area contributed by atoms with Crippen molar-refractivity contribution in [3.63, 3.8) is 0 Å². The highest BCUT2D eigenvalue weighted by Crippen LogP contribution is 2.34. The molecule has 1 rings (SSSR count). The molecule has 3 heteroatoms. The van der Waals surface area contributed by atoms with Crippen molar-refractivity contribution in [3.8, 4) is 0 Å². The lowest BCUT2D eigenvalue weighted by atomic mass is 9.74. The molecule has 0 aromatic rings. The normalized spacial score (nSPS) is 20.3. The van der Waals surface area contributed by atoms with Crippen LogP contribution in [0.4, 0.5) is 0 Å². The van der Waals surface area contributed by atoms with Crippen LogP contribution in [-0.4, -0.2) is 42.8 Å². The number of rotatable bonds is 7. The second-order valence-electron chi connectivity index (χ2n) is 5.46. The summed E-state index contributed by atoms with van der Waals surface area (Å²) in [5.41, 5.74) is 6.88. The summed E-state index contributed by atoms with van der Waals surface area (Å²) in [6.07, 6.45) is 4.54. The summed E-state index contributed by atoms with van der Waals surface area (Å²) >= 11 is 0. The van der Waals surface area contributed by atoms with Gasteiger partial charge in [0.05, 0.1) is 0 Å². The van der Waals surface area contributed by atoms with Gasteiger partial charge in [-0.15, -0.1) is 0 Å². The molecule has 1 aliphatic heterocycles. The van der Waals surface area contributed by atoms with Crippen molar-refractivity contribution < 1.29 is 4.74 Å². The molecule has 3 nitrogen and oxygen atoms in total. The molecular weight excluding hydrogens is 224 g/mol. The molecule has 0 spiro atoms. The van der Waals surface area contributed by atoms with Gasteiger partial charge in [-0.25, -0.2) is 0 Å². The van der Waals surface area contributed by atoms with Gasteiger partial charge in [-0.3, -0.25) is 4.90 Å². The van der Waals surface area contributed by atoms with E-state index in [-0.39, 0.29) is 11.6 Å². The van der Waals surface area contributed by atoms with Gasteiger partial charge >= 0.3 is 0 Å². The van der Waals surface area contributed by atoms with Gasteiger partial charge in [0.1, 0.15) is 0 Å². The molecule has 0 amide bonds. The summed E-state index contributed by atoms with van der Waals surface area (Å²) in [5, 5.41) is 0. The van der Waals surface area contributed by atoms with E-state index in [1.165, 1.54) is 0 Å². The summed E-state index contributed by atoms with van der Waals surface area (Å²) < 4.78 is 5.47. The zero-order chi connectivity index (χ0) is 13.6. The molecule has 1 fully saturated rings. The van der Waals surface area contributed by atoms with Crippen molar-refractivity contribution in [1.29, 1.82) is 0 Å². The number of ether oxygens (including phenoxy) is 1. The Hall–Kier alpha value is -0.120. The molecular formula is C15H32N2O. The smallest absolute Gasteiger partial charge is 0.0469 e. The first-order chi connectivity index (χ1) is 8.66. The van der Waals surface area contributed by atoms with Crippen molar-refractivity contribution in [2.24, 2.45) is 11.7 Å². The summed E-state index contributed by atoms with van der Waals surface area (Å²) in [7, 11) is 0. The zero-order valence-electron chi connectivity index (χ0n) is 12.7. The van der Waals surface area contributed by atoms with Gasteiger partial charge in [-0.2, -0.15) is 0 Å². The molecule has 1 atom stereocenters. The average Bonchev–Trinajstić information content (AvgIpc) is 2.45. The van der Waals surface area contributed by atoms with E-state index >= 15 is 0 Å². The van der Waals surface area contributed by atoms with Gasteiger partial charge in [0.2, 0.25) is 0 Å². The quantitative estimate of drug-likeness (QED) is 0.761. The van der Waals surface area contributed by atoms with Crippen LogP contribution >= 0.6 is 0 Å². The van der Waals surface area contributed by atoms with Crippen molar-refractivity contribution in [1.82, 2.24) is 4.90 Å². The Morgan fingerprint density at radius 3 is 2.00 bits per heavy atom. The molecule has 1 heterocycles. The van der Waals surface area contributed by atoms with Crippen LogP contribution in [0.3, 0.4) is 0 Å². The second kappa shape index (κ2) is 7.46. The van der Waals surface area contributed by atoms with Crippen LogP contribution in [-0.2, 0) is 4.74 Å². The standard InChI is InChI=1S/C15H32N2O/c1-5-15(6-2,17(7-3)8-4)14(16)13-9-11-18-12-10-13/h13-14H,5-12,16H2,1-4H3. The lowest BCUT2D eigenvalue weighted by Crippen LogP contribution is -2.62. The van der Waals surface area contributed by atoms with E-state index in [9.17, 15) is 0 Å². The third-order valence-corrected chi connectivity index (χ3v) is 5.01. The van der Waals surface area contributed by atoms with Gasteiger partial charge in [-0.05, 0) is 44.7 Å². The molecule has 108 valence electrons. The van der Waals surface area contributed by atoms with E-state index in [1.54, 1.807) is 0 Å². The lowest BCUT2D eigenvalue weighted by Gasteiger charge is -2.49. The Morgan fingerprint density at radius 1 is 1.11 bits per heavy atom. The van der Waals surface area contributed by atoms with Gasteiger partial charge in [0.25, 0.3) is 0 Å². The average molecular weight is 256 g/mol. The number of likely N-dealkylation sites (N-methyl/N-ethyl adjacent to an activating group) is 1. The first-order valence-electron chi connectivity index (χ1n) is 7.74. The predicted molar refractivity (Wildman–Crippen MR) is 77.8 cm³/mol. The van der Waals surface area contributed by atoms with Crippen LogP contribution in [0.15, 0.2) is 0 Å². The topological polar surface area (TPSA) is 38.5 Å². The third kappa shape index (κ3) is 3.06. The highest BCUT2D eigenvalue weighted by molar-refractivity contribution is 5.00. The predicted octanol–water partition coefficient (Wildman–Crippen LogP) is 2.64. The van der Waals surface area contributed by atoms with Crippen LogP contribution in [0.1, 0.15) is 53.4 Å². The Labute approximate surface area is 113 Å². The second-order valence-corrected chi connectivity index (χ2v) is 5.46. The van der Waals surface area contributed by atoms with E-state index in [2.05, 4.69) is 32.6 Å². The van der Waals surface area contributed by atoms with Crippen LogP contribution in [0.25, 0.3) is 0 Å². The van der Waals surface area contributed by atoms with Crippen LogP contribution in [0.2, 0.25) is 0 Å². The SMILES string of the molecule is CCN(CC)C(CC)(CC)C(N)C1CCOCC1. The lowest BCUT2D eigenvalue weighted by molar-refractivity contribution is 0.00106. The summed E-state index contributed by atoms with van der Waals surface area (Å²) in [4.78, 5) is 2.58. The summed E-state index contributed by atoms with van der Waals surface area (Å²) in [5.74, 6) is 0.624. The first-order valence-corrected chi connectivity index (χ1v) is 7.74. The molecule has 0 aliphatic carbocycles. The highest BCUT2D eigenvalue weighted by atomic mass is 16.5. The molecule has 0 saturated carbocycles. The number of nitrogens with zero attached hydrogens (tertiary/aromatic N) is 1. The molecule has 1 unspecified atom stereocenters. The van der Waals surface area contributed by atoms with E-state index in [4.69, 9.17) is 10.5 Å². The number of hydrogen-bond acceptors (Lipinski definition) is 3. The largest absolute Gasteiger partial charge is 0.381 e. The van der Waals surface area contributed by atoms with Gasteiger partial charge in [0.15, 0.2) is 0 Å². The van der Waals surface area contributed by atoms with Crippen molar-refractivity contribution in [2.75, 3.05) is 26.3 Å². The zero-order valence-corrected chi connectivity index (χ0v) is 12.7. The molecule has 0 aromatic heterocycles. The van der Waals surface area contributed by atoms with E-state index in [0.29, 0.717) is 5.92 Å². The fourth-order valence-corrected chi connectivity index (χ4v) is 3.75. The third-order valence-electron chi connectivity index (χ3n) is 5.01. The maximum absolute atomic E-state index is 6.70. The molecule has 2 N–H and O–H groups in total. The minimum absolute atomic E-state index is 0.172. The summed E-state index contributed by atoms with van der Waals surface area (Å²) in [6.45, 7) is 13.0. The van der Waals surface area contributed by atoms with Crippen molar-refractivity contribution >= 4 is 0 Å². The van der Waals surface area contributed by atoms with Crippen molar-refractivity contribution in [3.05, 3.63) is 0 Å². The van der Waals surface area contributed by atoms with E-state index < -0.39 is 0 Å². The van der Waals surface area contributed by atoms with Gasteiger partial charge < -0.3 is 10.5 Å². The van der Waals surface area contributed by atoms with Gasteiger partial charge in [0, 0.05) is 24.8 Å². The minimum Gasteiger partial charge on any atom is -0.381 e. The van der Waals surface area contributed by atoms with Crippen LogP contribution in [0.5, 0.6) is 0 Å². The fraction of sp³-hybridized carbons (Fsp3) is 1.00. The summed E-state index contributed by atoms with van der Waals surface area (Å²) in [6, 6.07) is 0.274. The Bertz CT molecular complexity index is 219. The Kier molecular flexibility index (Phi) is 6.61. The molecule has 0 aromatic carbocycles. The Morgan fingerprint density at radius 2 is 1.61 bits per heavy atom. The number of hydrogen-bond donors (Lipinski definition) is 1. The molecule has 1 aliphatic rings. The first kappa shape index (κ1) is 15.9. The van der Waals surface area contributed by atoms with E-state index in [0.717, 1.165) is 52.0 Å². The highest BCUT2D eigenvalue weighted by Gasteiger charge is 2.41. The molecule has 0 radical (unpaired) electrons. The fourth-order valence-electron chi connectivity index (χ4n) is 3.75. The minimum atomic E-state index is 0.172. The molecule has 0 bridgehead atoms.